The number of aryl methyl sites for hydroxylation is 3. The van der Waals surface area contributed by atoms with E-state index < -0.39 is 34.1 Å². The standard InChI is InChI=1S/C31H38ClN3O4S/c1-21-12-15-26(16-13-21)40(38,39)35(28-17-14-22(2)18-23(28)3)20-29(36)34(19-25-10-8-9-11-27(25)32)24(4)30(37)33-31(5,6)7/h8-18,24H,19-20H2,1-7H3,(H,33,37)/t24-/m0/s1. The van der Waals surface area contributed by atoms with Crippen molar-refractivity contribution >= 4 is 39.1 Å². The SMILES string of the molecule is Cc1ccc(S(=O)(=O)N(CC(=O)N(Cc2ccccc2Cl)[C@@H](C)C(=O)NC(C)(C)C)c2ccc(C)cc2C)cc1. The Hall–Kier alpha value is -3.36. The van der Waals surface area contributed by atoms with Crippen molar-refractivity contribution in [3.63, 3.8) is 0 Å². The van der Waals surface area contributed by atoms with Gasteiger partial charge >= 0.3 is 0 Å². The maximum atomic E-state index is 14.1. The highest BCUT2D eigenvalue weighted by Crippen LogP contribution is 2.29. The van der Waals surface area contributed by atoms with Crippen molar-refractivity contribution in [3.05, 3.63) is 94.0 Å². The molecule has 2 amide bonds. The lowest BCUT2D eigenvalue weighted by molar-refractivity contribution is -0.140. The highest BCUT2D eigenvalue weighted by molar-refractivity contribution is 7.92. The number of carbonyl (C=O) groups is 2. The molecule has 0 fully saturated rings. The molecule has 0 unspecified atom stereocenters. The zero-order valence-corrected chi connectivity index (χ0v) is 25.7. The number of rotatable bonds is 9. The van der Waals surface area contributed by atoms with E-state index in [4.69, 9.17) is 11.6 Å². The molecule has 7 nitrogen and oxygen atoms in total. The van der Waals surface area contributed by atoms with Crippen LogP contribution in [0.2, 0.25) is 5.02 Å². The van der Waals surface area contributed by atoms with Crippen LogP contribution < -0.4 is 9.62 Å². The molecular formula is C31H38ClN3O4S. The van der Waals surface area contributed by atoms with E-state index >= 15 is 0 Å². The first-order valence-electron chi connectivity index (χ1n) is 13.1. The molecule has 1 N–H and O–H groups in total. The van der Waals surface area contributed by atoms with Gasteiger partial charge in [0.2, 0.25) is 11.8 Å². The summed E-state index contributed by atoms with van der Waals surface area (Å²) in [6, 6.07) is 18.1. The van der Waals surface area contributed by atoms with Crippen molar-refractivity contribution in [1.29, 1.82) is 0 Å². The Morgan fingerprint density at radius 2 is 1.52 bits per heavy atom. The van der Waals surface area contributed by atoms with Gasteiger partial charge in [0.25, 0.3) is 10.0 Å². The minimum Gasteiger partial charge on any atom is -0.350 e. The molecule has 214 valence electrons. The van der Waals surface area contributed by atoms with Gasteiger partial charge < -0.3 is 10.2 Å². The van der Waals surface area contributed by atoms with Gasteiger partial charge in [-0.05, 0) is 83.9 Å². The monoisotopic (exact) mass is 583 g/mol. The molecule has 0 aliphatic carbocycles. The third kappa shape index (κ3) is 7.64. The smallest absolute Gasteiger partial charge is 0.264 e. The number of carbonyl (C=O) groups excluding carboxylic acids is 2. The maximum Gasteiger partial charge on any atom is 0.264 e. The third-order valence-electron chi connectivity index (χ3n) is 6.47. The van der Waals surface area contributed by atoms with Gasteiger partial charge in [0, 0.05) is 17.1 Å². The van der Waals surface area contributed by atoms with E-state index in [1.54, 1.807) is 49.4 Å². The molecule has 0 saturated carbocycles. The van der Waals surface area contributed by atoms with E-state index in [1.807, 2.05) is 53.7 Å². The van der Waals surface area contributed by atoms with Crippen LogP contribution in [0.4, 0.5) is 5.69 Å². The topological polar surface area (TPSA) is 86.8 Å². The number of nitrogens with one attached hydrogen (secondary N) is 1. The van der Waals surface area contributed by atoms with Crippen LogP contribution >= 0.6 is 11.6 Å². The Bertz CT molecular complexity index is 1480. The Kier molecular flexibility index (Phi) is 9.69. The normalized spacial score (nSPS) is 12.5. The molecule has 0 aliphatic rings. The molecule has 3 rings (SSSR count). The van der Waals surface area contributed by atoms with Crippen molar-refractivity contribution in [3.8, 4) is 0 Å². The van der Waals surface area contributed by atoms with Crippen LogP contribution in [0.25, 0.3) is 0 Å². The zero-order valence-electron chi connectivity index (χ0n) is 24.2. The summed E-state index contributed by atoms with van der Waals surface area (Å²) in [6.45, 7) is 12.3. The lowest BCUT2D eigenvalue weighted by Gasteiger charge is -2.34. The third-order valence-corrected chi connectivity index (χ3v) is 8.62. The van der Waals surface area contributed by atoms with Crippen LogP contribution in [-0.4, -0.2) is 43.3 Å². The number of hydrogen-bond acceptors (Lipinski definition) is 4. The summed E-state index contributed by atoms with van der Waals surface area (Å²) in [5, 5.41) is 3.37. The van der Waals surface area contributed by atoms with Gasteiger partial charge in [0.1, 0.15) is 12.6 Å². The first-order chi connectivity index (χ1) is 18.6. The van der Waals surface area contributed by atoms with Crippen LogP contribution in [0, 0.1) is 20.8 Å². The molecule has 0 bridgehead atoms. The minimum atomic E-state index is -4.13. The average Bonchev–Trinajstić information content (AvgIpc) is 2.86. The maximum absolute atomic E-state index is 14.1. The number of amides is 2. The van der Waals surface area contributed by atoms with Crippen molar-refractivity contribution < 1.29 is 18.0 Å². The summed E-state index contributed by atoms with van der Waals surface area (Å²) in [7, 11) is -4.13. The summed E-state index contributed by atoms with van der Waals surface area (Å²) in [5.41, 5.74) is 3.10. The molecular weight excluding hydrogens is 546 g/mol. The first-order valence-corrected chi connectivity index (χ1v) is 14.9. The van der Waals surface area contributed by atoms with E-state index in [-0.39, 0.29) is 17.3 Å². The van der Waals surface area contributed by atoms with Gasteiger partial charge in [0.05, 0.1) is 10.6 Å². The number of benzene rings is 3. The second kappa shape index (κ2) is 12.4. The second-order valence-corrected chi connectivity index (χ2v) is 13.4. The minimum absolute atomic E-state index is 0.0303. The molecule has 9 heteroatoms. The van der Waals surface area contributed by atoms with Gasteiger partial charge in [-0.15, -0.1) is 0 Å². The number of anilines is 1. The molecule has 0 aliphatic heterocycles. The number of nitrogens with zero attached hydrogens (tertiary/aromatic N) is 2. The number of halogens is 1. The van der Waals surface area contributed by atoms with Crippen molar-refractivity contribution in [1.82, 2.24) is 10.2 Å². The van der Waals surface area contributed by atoms with Crippen molar-refractivity contribution in [2.24, 2.45) is 0 Å². The van der Waals surface area contributed by atoms with Crippen molar-refractivity contribution in [2.45, 2.75) is 71.5 Å². The highest BCUT2D eigenvalue weighted by Gasteiger charge is 2.34. The average molecular weight is 584 g/mol. The molecule has 1 atom stereocenters. The van der Waals surface area contributed by atoms with E-state index in [9.17, 15) is 18.0 Å². The second-order valence-electron chi connectivity index (χ2n) is 11.1. The Morgan fingerprint density at radius 3 is 2.10 bits per heavy atom. The Morgan fingerprint density at radius 1 is 0.925 bits per heavy atom. The molecule has 0 radical (unpaired) electrons. The van der Waals surface area contributed by atoms with E-state index in [1.165, 1.54) is 17.0 Å². The van der Waals surface area contributed by atoms with Gasteiger partial charge in [-0.1, -0.05) is 65.2 Å². The van der Waals surface area contributed by atoms with Crippen LogP contribution in [0.3, 0.4) is 0 Å². The molecule has 40 heavy (non-hydrogen) atoms. The van der Waals surface area contributed by atoms with Crippen LogP contribution in [0.5, 0.6) is 0 Å². The lowest BCUT2D eigenvalue weighted by atomic mass is 10.1. The molecule has 0 spiro atoms. The van der Waals surface area contributed by atoms with E-state index in [0.717, 1.165) is 15.4 Å². The molecule has 0 aromatic heterocycles. The van der Waals surface area contributed by atoms with Crippen molar-refractivity contribution in [2.75, 3.05) is 10.8 Å². The summed E-state index contributed by atoms with van der Waals surface area (Å²) in [4.78, 5) is 28.7. The molecule has 0 heterocycles. The fourth-order valence-corrected chi connectivity index (χ4v) is 5.98. The predicted molar refractivity (Wildman–Crippen MR) is 161 cm³/mol. The van der Waals surface area contributed by atoms with E-state index in [2.05, 4.69) is 5.32 Å². The predicted octanol–water partition coefficient (Wildman–Crippen LogP) is 5.79. The van der Waals surface area contributed by atoms with Gasteiger partial charge in [-0.3, -0.25) is 13.9 Å². The fraction of sp³-hybridized carbons (Fsp3) is 0.355. The number of sulfonamides is 1. The highest BCUT2D eigenvalue weighted by atomic mass is 35.5. The van der Waals surface area contributed by atoms with Gasteiger partial charge in [0.15, 0.2) is 0 Å². The Balaban J connectivity index is 2.08. The van der Waals surface area contributed by atoms with Gasteiger partial charge in [-0.25, -0.2) is 8.42 Å². The number of hydrogen-bond donors (Lipinski definition) is 1. The molecule has 3 aromatic rings. The fourth-order valence-electron chi connectivity index (χ4n) is 4.30. The molecule has 0 saturated heterocycles. The van der Waals surface area contributed by atoms with Crippen LogP contribution in [-0.2, 0) is 26.2 Å². The lowest BCUT2D eigenvalue weighted by Crippen LogP contribution is -2.54. The summed E-state index contributed by atoms with van der Waals surface area (Å²) in [5.74, 6) is -0.889. The first kappa shape index (κ1) is 31.2. The summed E-state index contributed by atoms with van der Waals surface area (Å²) >= 11 is 6.42. The largest absolute Gasteiger partial charge is 0.350 e. The summed E-state index contributed by atoms with van der Waals surface area (Å²) < 4.78 is 29.1. The zero-order chi connectivity index (χ0) is 29.8. The van der Waals surface area contributed by atoms with Crippen LogP contribution in [0.1, 0.15) is 49.9 Å². The Labute approximate surface area is 243 Å². The van der Waals surface area contributed by atoms with E-state index in [0.29, 0.717) is 21.8 Å². The quantitative estimate of drug-likeness (QED) is 0.345. The van der Waals surface area contributed by atoms with Crippen LogP contribution in [0.15, 0.2) is 71.6 Å². The molecule has 3 aromatic carbocycles. The van der Waals surface area contributed by atoms with Gasteiger partial charge in [-0.2, -0.15) is 0 Å². The summed E-state index contributed by atoms with van der Waals surface area (Å²) in [6.07, 6.45) is 0.